The highest BCUT2D eigenvalue weighted by atomic mass is 79.9. The average molecular weight is 579 g/mol. The van der Waals surface area contributed by atoms with Crippen LogP contribution in [0.2, 0.25) is 0 Å². The summed E-state index contributed by atoms with van der Waals surface area (Å²) in [6.45, 7) is 7.46. The van der Waals surface area contributed by atoms with Crippen molar-refractivity contribution in [3.05, 3.63) is 74.9 Å². The summed E-state index contributed by atoms with van der Waals surface area (Å²) in [5, 5.41) is -0.678. The zero-order valence-corrected chi connectivity index (χ0v) is 21.4. The van der Waals surface area contributed by atoms with Gasteiger partial charge in [0.05, 0.1) is 15.7 Å². The van der Waals surface area contributed by atoms with Crippen LogP contribution in [-0.4, -0.2) is 5.16 Å². The third-order valence-electron chi connectivity index (χ3n) is 4.52. The molecule has 0 aliphatic carbocycles. The third-order valence-corrected chi connectivity index (χ3v) is 9.24. The lowest BCUT2D eigenvalue weighted by Crippen LogP contribution is -2.26. The molecule has 31 heavy (non-hydrogen) atoms. The monoisotopic (exact) mass is 577 g/mol. The van der Waals surface area contributed by atoms with Crippen LogP contribution < -0.4 is 10.0 Å². The molecule has 0 amide bonds. The first-order chi connectivity index (χ1) is 14.3. The minimum Gasteiger partial charge on any atom is -0.457 e. The minimum absolute atomic E-state index is 0.180. The maximum atomic E-state index is 13.7. The summed E-state index contributed by atoms with van der Waals surface area (Å²) >= 11 is 6.89. The molecule has 1 atom stereocenters. The van der Waals surface area contributed by atoms with E-state index in [1.54, 1.807) is 31.2 Å². The van der Waals surface area contributed by atoms with E-state index in [1.807, 2.05) is 26.8 Å². The normalized spacial score (nSPS) is 14.2. The van der Waals surface area contributed by atoms with Crippen molar-refractivity contribution in [1.82, 2.24) is 0 Å². The van der Waals surface area contributed by atoms with Gasteiger partial charge in [0.15, 0.2) is 5.50 Å². The zero-order valence-electron chi connectivity index (χ0n) is 17.3. The molecule has 0 saturated heterocycles. The predicted molar refractivity (Wildman–Crippen MR) is 126 cm³/mol. The molecule has 0 saturated carbocycles. The Morgan fingerprint density at radius 2 is 1.65 bits per heavy atom. The number of furan rings is 1. The Labute approximate surface area is 196 Å². The molecular weight excluding hydrogens is 558 g/mol. The van der Waals surface area contributed by atoms with E-state index in [0.717, 1.165) is 10.5 Å². The first-order valence-electron chi connectivity index (χ1n) is 9.34. The second-order valence-corrected chi connectivity index (χ2v) is 13.0. The number of alkyl halides is 3. The van der Waals surface area contributed by atoms with Crippen molar-refractivity contribution in [3.8, 4) is 5.75 Å². The summed E-state index contributed by atoms with van der Waals surface area (Å²) in [6, 6.07) is 14.1. The van der Waals surface area contributed by atoms with Crippen molar-refractivity contribution in [2.45, 2.75) is 39.0 Å². The molecule has 1 aromatic heterocycles. The Morgan fingerprint density at radius 1 is 0.968 bits per heavy atom. The molecule has 0 fully saturated rings. The van der Waals surface area contributed by atoms with Crippen LogP contribution in [0, 0.1) is 6.92 Å². The first kappa shape index (κ1) is 24.1. The van der Waals surface area contributed by atoms with Crippen LogP contribution in [0.5, 0.6) is 5.75 Å². The summed E-state index contributed by atoms with van der Waals surface area (Å²) in [6.07, 6.45) is -4.55. The van der Waals surface area contributed by atoms with E-state index in [-0.39, 0.29) is 5.69 Å². The van der Waals surface area contributed by atoms with Crippen LogP contribution in [-0.2, 0) is 6.18 Å². The number of rotatable bonds is 4. The highest BCUT2D eigenvalue weighted by Crippen LogP contribution is 2.63. The molecule has 0 aliphatic rings. The smallest absolute Gasteiger partial charge is 0.418 e. The van der Waals surface area contributed by atoms with Gasteiger partial charge in [0.2, 0.25) is 7.28 Å². The largest absolute Gasteiger partial charge is 0.457 e. The number of aryl methyl sites for hydroxylation is 1. The summed E-state index contributed by atoms with van der Waals surface area (Å²) in [7, 11) is -3.18. The van der Waals surface area contributed by atoms with Crippen molar-refractivity contribution in [2.75, 3.05) is 0 Å². The molecule has 0 bridgehead atoms. The lowest BCUT2D eigenvalue weighted by molar-refractivity contribution is -0.137. The standard InChI is InChI=1S/C22H21Br2F3NO2P/c1-14-9-12-20(29-14)31(21(2,3)4,30-19-11-10-15(23)13-17(19)24)28-18-8-6-5-7-16(18)22(25,26)27/h5-13H,1-4H3. The summed E-state index contributed by atoms with van der Waals surface area (Å²) < 4.78 is 59.9. The molecule has 3 rings (SSSR count). The Kier molecular flexibility index (Phi) is 6.85. The van der Waals surface area contributed by atoms with Gasteiger partial charge in [-0.2, -0.15) is 13.2 Å². The highest BCUT2D eigenvalue weighted by Gasteiger charge is 2.43. The molecule has 1 unspecified atom stereocenters. The summed E-state index contributed by atoms with van der Waals surface area (Å²) in [4.78, 5) is 0. The van der Waals surface area contributed by atoms with Gasteiger partial charge in [-0.25, -0.2) is 4.74 Å². The van der Waals surface area contributed by atoms with E-state index >= 15 is 0 Å². The number of hydrogen-bond acceptors (Lipinski definition) is 3. The number of nitrogens with zero attached hydrogens (tertiary/aromatic N) is 1. The van der Waals surface area contributed by atoms with E-state index in [4.69, 9.17) is 13.7 Å². The molecule has 9 heteroatoms. The van der Waals surface area contributed by atoms with Gasteiger partial charge in [0.1, 0.15) is 11.5 Å². The Morgan fingerprint density at radius 3 is 2.19 bits per heavy atom. The van der Waals surface area contributed by atoms with E-state index in [2.05, 4.69) is 31.9 Å². The Hall–Kier alpha value is -1.50. The lowest BCUT2D eigenvalue weighted by Gasteiger charge is -2.35. The van der Waals surface area contributed by atoms with Gasteiger partial charge < -0.3 is 8.94 Å². The van der Waals surface area contributed by atoms with Gasteiger partial charge >= 0.3 is 6.18 Å². The van der Waals surface area contributed by atoms with Gasteiger partial charge in [0.25, 0.3) is 0 Å². The Bertz CT molecular complexity index is 1150. The number of benzene rings is 2. The third kappa shape index (κ3) is 5.12. The first-order valence-corrected chi connectivity index (χ1v) is 12.6. The maximum Gasteiger partial charge on any atom is 0.418 e. The van der Waals surface area contributed by atoms with Crippen LogP contribution >= 0.6 is 39.1 Å². The van der Waals surface area contributed by atoms with Crippen LogP contribution in [0.3, 0.4) is 0 Å². The fourth-order valence-corrected chi connectivity index (χ4v) is 7.14. The molecule has 2 aromatic carbocycles. The van der Waals surface area contributed by atoms with Crippen LogP contribution in [0.1, 0.15) is 32.1 Å². The van der Waals surface area contributed by atoms with E-state index in [0.29, 0.717) is 21.5 Å². The van der Waals surface area contributed by atoms with Crippen molar-refractivity contribution in [1.29, 1.82) is 0 Å². The lowest BCUT2D eigenvalue weighted by atomic mass is 10.2. The zero-order chi connectivity index (χ0) is 23.0. The SMILES string of the molecule is Cc1ccc(P(=Nc2ccccc2C(F)(F)F)(Oc2ccc(Br)cc2Br)C(C)(C)C)o1. The van der Waals surface area contributed by atoms with Crippen molar-refractivity contribution < 1.29 is 22.1 Å². The molecular formula is C22H21Br2F3NO2P. The predicted octanol–water partition coefficient (Wildman–Crippen LogP) is 9.08. The van der Waals surface area contributed by atoms with E-state index < -0.39 is 24.2 Å². The van der Waals surface area contributed by atoms with Crippen LogP contribution in [0.25, 0.3) is 0 Å². The van der Waals surface area contributed by atoms with Gasteiger partial charge in [-0.05, 0) is 65.3 Å². The number of hydrogen-bond donors (Lipinski definition) is 0. The minimum atomic E-state index is -4.55. The molecule has 166 valence electrons. The average Bonchev–Trinajstić information content (AvgIpc) is 3.08. The van der Waals surface area contributed by atoms with E-state index in [1.165, 1.54) is 18.2 Å². The van der Waals surface area contributed by atoms with Gasteiger partial charge in [-0.3, -0.25) is 0 Å². The molecule has 3 nitrogen and oxygen atoms in total. The summed E-state index contributed by atoms with van der Waals surface area (Å²) in [5.74, 6) is 1.09. The second kappa shape index (κ2) is 8.80. The van der Waals surface area contributed by atoms with Crippen molar-refractivity contribution >= 4 is 50.3 Å². The summed E-state index contributed by atoms with van der Waals surface area (Å²) in [5.41, 5.74) is -0.574. The molecule has 0 N–H and O–H groups in total. The van der Waals surface area contributed by atoms with Crippen molar-refractivity contribution in [2.24, 2.45) is 4.74 Å². The van der Waals surface area contributed by atoms with Crippen LogP contribution in [0.4, 0.5) is 18.9 Å². The van der Waals surface area contributed by atoms with E-state index in [9.17, 15) is 13.2 Å². The molecule has 0 aliphatic heterocycles. The fraction of sp³-hybridized carbons (Fsp3) is 0.273. The van der Waals surface area contributed by atoms with Gasteiger partial charge in [-0.1, -0.05) is 48.8 Å². The van der Waals surface area contributed by atoms with Gasteiger partial charge in [0, 0.05) is 9.63 Å². The maximum absolute atomic E-state index is 13.7. The number of halogens is 5. The quantitative estimate of drug-likeness (QED) is 0.289. The van der Waals surface area contributed by atoms with Crippen molar-refractivity contribution in [3.63, 3.8) is 0 Å². The molecule has 1 heterocycles. The Balaban J connectivity index is 2.38. The fourth-order valence-electron chi connectivity index (χ4n) is 2.96. The molecule has 0 spiro atoms. The molecule has 3 aromatic rings. The van der Waals surface area contributed by atoms with Gasteiger partial charge in [-0.15, -0.1) is 0 Å². The van der Waals surface area contributed by atoms with Crippen LogP contribution in [0.15, 0.2) is 72.7 Å². The molecule has 0 radical (unpaired) electrons. The highest BCUT2D eigenvalue weighted by molar-refractivity contribution is 9.11. The topological polar surface area (TPSA) is 34.7 Å². The second-order valence-electron chi connectivity index (χ2n) is 7.91.